The summed E-state index contributed by atoms with van der Waals surface area (Å²) in [5, 5.41) is 8.23. The van der Waals surface area contributed by atoms with E-state index in [-0.39, 0.29) is 39.3 Å². The van der Waals surface area contributed by atoms with Crippen LogP contribution in [-0.2, 0) is 36.1 Å². The molecule has 0 heterocycles. The Bertz CT molecular complexity index is 240. The number of Topliss-reactive ketones (excluding diaryl/α,β-unsaturated/α-hetero) is 2. The Labute approximate surface area is 97.9 Å². The van der Waals surface area contributed by atoms with Gasteiger partial charge in [0.2, 0.25) is 5.78 Å². The smallest absolute Gasteiger partial charge is 0.372 e. The van der Waals surface area contributed by atoms with Gasteiger partial charge in [0.25, 0.3) is 0 Å². The summed E-state index contributed by atoms with van der Waals surface area (Å²) >= 11 is 0. The third-order valence-corrected chi connectivity index (χ3v) is 1.32. The van der Waals surface area contributed by atoms with Gasteiger partial charge in [-0.05, 0) is 5.41 Å². The fraction of sp³-hybridized carbons (Fsp3) is 0.667. The average molecular weight is 234 g/mol. The number of carbonyl (C=O) groups is 3. The number of rotatable bonds is 4. The molecule has 0 radical (unpaired) electrons. The standard InChI is InChI=1S/C9H14O4.Ti/c1-9(2,3)5-6(10)4-7(11)8(12)13;/h4-5H2,1-3H3,(H,12,13);. The summed E-state index contributed by atoms with van der Waals surface area (Å²) in [5.41, 5.74) is -0.199. The first-order chi connectivity index (χ1) is 5.72. The van der Waals surface area contributed by atoms with Gasteiger partial charge in [0, 0.05) is 28.1 Å². The third kappa shape index (κ3) is 8.14. The van der Waals surface area contributed by atoms with Crippen molar-refractivity contribution in [3.05, 3.63) is 0 Å². The third-order valence-electron chi connectivity index (χ3n) is 1.32. The average Bonchev–Trinajstić information content (AvgIpc) is 1.81. The molecule has 0 atom stereocenters. The summed E-state index contributed by atoms with van der Waals surface area (Å²) in [6, 6.07) is 0. The van der Waals surface area contributed by atoms with Crippen LogP contribution in [0.3, 0.4) is 0 Å². The van der Waals surface area contributed by atoms with Gasteiger partial charge in [-0.15, -0.1) is 0 Å². The van der Waals surface area contributed by atoms with Crippen molar-refractivity contribution in [1.82, 2.24) is 0 Å². The molecule has 0 rings (SSSR count). The number of aliphatic carboxylic acids is 1. The Kier molecular flexibility index (Phi) is 6.95. The Morgan fingerprint density at radius 1 is 1.14 bits per heavy atom. The minimum atomic E-state index is -1.54. The SMILES string of the molecule is CC(C)(C)CC(=O)CC(=O)C(=O)O.[Ti]. The number of carboxylic acid groups (broad SMARTS) is 1. The number of hydrogen-bond donors (Lipinski definition) is 1. The van der Waals surface area contributed by atoms with Gasteiger partial charge >= 0.3 is 5.97 Å². The van der Waals surface area contributed by atoms with Crippen LogP contribution in [0.5, 0.6) is 0 Å². The van der Waals surface area contributed by atoms with Gasteiger partial charge in [0.05, 0.1) is 6.42 Å². The van der Waals surface area contributed by atoms with Crippen LogP contribution in [-0.4, -0.2) is 22.6 Å². The first kappa shape index (κ1) is 16.0. The molecule has 4 nitrogen and oxygen atoms in total. The van der Waals surface area contributed by atoms with Gasteiger partial charge in [0.1, 0.15) is 5.78 Å². The topological polar surface area (TPSA) is 71.4 Å². The van der Waals surface area contributed by atoms with Gasteiger partial charge in [0.15, 0.2) is 0 Å². The molecule has 0 fully saturated rings. The zero-order valence-electron chi connectivity index (χ0n) is 8.59. The molecule has 0 aromatic heterocycles. The molecule has 0 unspecified atom stereocenters. The molecule has 0 saturated heterocycles. The quantitative estimate of drug-likeness (QED) is 0.448. The van der Waals surface area contributed by atoms with Crippen molar-refractivity contribution in [3.8, 4) is 0 Å². The van der Waals surface area contributed by atoms with Crippen molar-refractivity contribution in [2.45, 2.75) is 33.6 Å². The fourth-order valence-corrected chi connectivity index (χ4v) is 0.909. The summed E-state index contributed by atoms with van der Waals surface area (Å²) in [5.74, 6) is -2.89. The van der Waals surface area contributed by atoms with Crippen LogP contribution in [0.15, 0.2) is 0 Å². The van der Waals surface area contributed by atoms with E-state index in [1.807, 2.05) is 20.8 Å². The summed E-state index contributed by atoms with van der Waals surface area (Å²) < 4.78 is 0. The van der Waals surface area contributed by atoms with Crippen LogP contribution in [0.1, 0.15) is 33.6 Å². The summed E-state index contributed by atoms with van der Waals surface area (Å²) in [4.78, 5) is 31.8. The second kappa shape index (κ2) is 6.09. The first-order valence-electron chi connectivity index (χ1n) is 4.00. The van der Waals surface area contributed by atoms with Crippen molar-refractivity contribution in [1.29, 1.82) is 0 Å². The van der Waals surface area contributed by atoms with Crippen LogP contribution in [0.25, 0.3) is 0 Å². The number of carbonyl (C=O) groups excluding carboxylic acids is 2. The van der Waals surface area contributed by atoms with Crippen molar-refractivity contribution in [2.24, 2.45) is 5.41 Å². The van der Waals surface area contributed by atoms with Crippen molar-refractivity contribution < 1.29 is 41.2 Å². The molecule has 0 aliphatic rings. The second-order valence-electron chi connectivity index (χ2n) is 4.18. The van der Waals surface area contributed by atoms with Crippen LogP contribution in [0.2, 0.25) is 0 Å². The van der Waals surface area contributed by atoms with Gasteiger partial charge in [-0.25, -0.2) is 4.79 Å². The molecular formula is C9H14O4Ti. The molecule has 0 bridgehead atoms. The molecule has 14 heavy (non-hydrogen) atoms. The molecular weight excluding hydrogens is 220 g/mol. The second-order valence-corrected chi connectivity index (χ2v) is 4.18. The van der Waals surface area contributed by atoms with Gasteiger partial charge < -0.3 is 5.11 Å². The predicted octanol–water partition coefficient (Wildman–Crippen LogP) is 1.03. The molecule has 0 saturated carbocycles. The summed E-state index contributed by atoms with van der Waals surface area (Å²) in [7, 11) is 0. The zero-order valence-corrected chi connectivity index (χ0v) is 10.1. The Balaban J connectivity index is 0. The predicted molar refractivity (Wildman–Crippen MR) is 46.3 cm³/mol. The molecule has 5 heteroatoms. The maximum Gasteiger partial charge on any atom is 0.372 e. The summed E-state index contributed by atoms with van der Waals surface area (Å²) in [6.45, 7) is 5.57. The normalized spacial score (nSPS) is 10.2. The Morgan fingerprint density at radius 3 is 1.86 bits per heavy atom. The van der Waals surface area contributed by atoms with E-state index in [2.05, 4.69) is 0 Å². The monoisotopic (exact) mass is 234 g/mol. The Hall–Kier alpha value is -0.476. The molecule has 0 amide bonds. The Morgan fingerprint density at radius 2 is 1.57 bits per heavy atom. The van der Waals surface area contributed by atoms with E-state index in [4.69, 9.17) is 5.11 Å². The minimum absolute atomic E-state index is 0. The molecule has 1 N–H and O–H groups in total. The van der Waals surface area contributed by atoms with E-state index < -0.39 is 18.2 Å². The van der Waals surface area contributed by atoms with Crippen molar-refractivity contribution in [2.75, 3.05) is 0 Å². The van der Waals surface area contributed by atoms with Gasteiger partial charge in [-0.1, -0.05) is 20.8 Å². The molecule has 0 aliphatic carbocycles. The van der Waals surface area contributed by atoms with Crippen molar-refractivity contribution in [3.63, 3.8) is 0 Å². The van der Waals surface area contributed by atoms with E-state index in [0.29, 0.717) is 0 Å². The molecule has 0 aromatic carbocycles. The molecule has 0 aliphatic heterocycles. The van der Waals surface area contributed by atoms with Crippen molar-refractivity contribution >= 4 is 17.5 Å². The van der Waals surface area contributed by atoms with E-state index in [1.54, 1.807) is 0 Å². The van der Waals surface area contributed by atoms with Crippen LogP contribution < -0.4 is 0 Å². The number of ketones is 2. The minimum Gasteiger partial charge on any atom is -0.475 e. The number of carboxylic acids is 1. The maximum absolute atomic E-state index is 11.1. The van der Waals surface area contributed by atoms with E-state index in [9.17, 15) is 14.4 Å². The van der Waals surface area contributed by atoms with Crippen LogP contribution in [0.4, 0.5) is 0 Å². The van der Waals surface area contributed by atoms with Gasteiger partial charge in [-0.3, -0.25) is 9.59 Å². The molecule has 0 spiro atoms. The van der Waals surface area contributed by atoms with E-state index >= 15 is 0 Å². The first-order valence-corrected chi connectivity index (χ1v) is 4.00. The van der Waals surface area contributed by atoms with Crippen LogP contribution >= 0.6 is 0 Å². The van der Waals surface area contributed by atoms with Crippen LogP contribution in [0, 0.1) is 5.41 Å². The number of hydrogen-bond acceptors (Lipinski definition) is 3. The fourth-order valence-electron chi connectivity index (χ4n) is 0.909. The van der Waals surface area contributed by atoms with E-state index in [1.165, 1.54) is 0 Å². The van der Waals surface area contributed by atoms with E-state index in [0.717, 1.165) is 0 Å². The molecule has 0 aromatic rings. The van der Waals surface area contributed by atoms with Gasteiger partial charge in [-0.2, -0.15) is 0 Å². The molecule has 78 valence electrons. The summed E-state index contributed by atoms with van der Waals surface area (Å²) in [6.07, 6.45) is -0.265. The zero-order chi connectivity index (χ0) is 10.6. The maximum atomic E-state index is 11.1. The largest absolute Gasteiger partial charge is 0.475 e.